The van der Waals surface area contributed by atoms with Crippen molar-refractivity contribution in [3.63, 3.8) is 0 Å². The van der Waals surface area contributed by atoms with Crippen molar-refractivity contribution in [2.45, 2.75) is 31.1 Å². The van der Waals surface area contributed by atoms with E-state index in [1.54, 1.807) is 0 Å². The van der Waals surface area contributed by atoms with Gasteiger partial charge in [0.25, 0.3) is 0 Å². The first-order valence-corrected chi connectivity index (χ1v) is 6.74. The highest BCUT2D eigenvalue weighted by atomic mass is 32.2. The van der Waals surface area contributed by atoms with Crippen LogP contribution in [0.2, 0.25) is 0 Å². The van der Waals surface area contributed by atoms with Crippen LogP contribution < -0.4 is 5.73 Å². The summed E-state index contributed by atoms with van der Waals surface area (Å²) in [7, 11) is -2.45. The van der Waals surface area contributed by atoms with Crippen molar-refractivity contribution >= 4 is 16.0 Å². The van der Waals surface area contributed by atoms with E-state index in [0.717, 1.165) is 12.8 Å². The molecule has 1 rings (SSSR count). The summed E-state index contributed by atoms with van der Waals surface area (Å²) in [6.07, 6.45) is 1.54. The van der Waals surface area contributed by atoms with E-state index in [1.165, 1.54) is 18.3 Å². The highest BCUT2D eigenvalue weighted by Crippen LogP contribution is 2.23. The van der Waals surface area contributed by atoms with Gasteiger partial charge in [0.05, 0.1) is 7.11 Å². The van der Waals surface area contributed by atoms with Gasteiger partial charge in [0.15, 0.2) is 5.25 Å². The molecule has 94 valence electrons. The van der Waals surface area contributed by atoms with Crippen LogP contribution in [0, 0.1) is 0 Å². The van der Waals surface area contributed by atoms with E-state index < -0.39 is 21.2 Å². The predicted molar refractivity (Wildman–Crippen MR) is 59.2 cm³/mol. The van der Waals surface area contributed by atoms with E-state index >= 15 is 0 Å². The normalized spacial score (nSPS) is 24.3. The zero-order chi connectivity index (χ0) is 12.3. The number of nitrogens with two attached hydrogens (primary N) is 1. The van der Waals surface area contributed by atoms with Crippen LogP contribution in [0.5, 0.6) is 0 Å². The highest BCUT2D eigenvalue weighted by molar-refractivity contribution is 7.90. The van der Waals surface area contributed by atoms with Crippen molar-refractivity contribution in [2.75, 3.05) is 20.2 Å². The topological polar surface area (TPSA) is 89.7 Å². The zero-order valence-electron chi connectivity index (χ0n) is 9.55. The van der Waals surface area contributed by atoms with Gasteiger partial charge in [0, 0.05) is 19.1 Å². The van der Waals surface area contributed by atoms with Gasteiger partial charge in [-0.25, -0.2) is 8.42 Å². The monoisotopic (exact) mass is 250 g/mol. The van der Waals surface area contributed by atoms with Gasteiger partial charge in [-0.2, -0.15) is 4.31 Å². The number of hydrogen-bond donors (Lipinski definition) is 1. The molecule has 16 heavy (non-hydrogen) atoms. The van der Waals surface area contributed by atoms with E-state index in [9.17, 15) is 13.2 Å². The summed E-state index contributed by atoms with van der Waals surface area (Å²) in [6.45, 7) is 2.06. The molecular formula is C9H18N2O4S. The summed E-state index contributed by atoms with van der Waals surface area (Å²) < 4.78 is 29.9. The molecule has 0 aliphatic carbocycles. The van der Waals surface area contributed by atoms with Gasteiger partial charge in [0.1, 0.15) is 0 Å². The number of rotatable bonds is 4. The van der Waals surface area contributed by atoms with Crippen LogP contribution in [0.4, 0.5) is 0 Å². The maximum Gasteiger partial charge on any atom is 0.325 e. The minimum Gasteiger partial charge on any atom is -0.468 e. The van der Waals surface area contributed by atoms with Crippen LogP contribution in [-0.2, 0) is 19.6 Å². The molecule has 0 amide bonds. The van der Waals surface area contributed by atoms with Crippen LogP contribution in [-0.4, -0.2) is 50.2 Å². The zero-order valence-corrected chi connectivity index (χ0v) is 10.4. The smallest absolute Gasteiger partial charge is 0.325 e. The second kappa shape index (κ2) is 5.11. The summed E-state index contributed by atoms with van der Waals surface area (Å²) in [4.78, 5) is 11.3. The molecule has 1 saturated heterocycles. The van der Waals surface area contributed by atoms with Crippen molar-refractivity contribution in [2.24, 2.45) is 5.73 Å². The quantitative estimate of drug-likeness (QED) is 0.666. The molecule has 2 N–H and O–H groups in total. The van der Waals surface area contributed by atoms with Crippen molar-refractivity contribution < 1.29 is 17.9 Å². The molecule has 1 aliphatic heterocycles. The van der Waals surface area contributed by atoms with Crippen LogP contribution in [0.15, 0.2) is 0 Å². The lowest BCUT2D eigenvalue weighted by molar-refractivity contribution is -0.139. The Balaban J connectivity index is 2.88. The second-order valence-corrected chi connectivity index (χ2v) is 6.06. The summed E-state index contributed by atoms with van der Waals surface area (Å²) in [5.74, 6) is -0.734. The van der Waals surface area contributed by atoms with Gasteiger partial charge >= 0.3 is 5.97 Å². The third-order valence-corrected chi connectivity index (χ3v) is 5.12. The van der Waals surface area contributed by atoms with Gasteiger partial charge in [-0.15, -0.1) is 0 Å². The molecule has 0 aromatic rings. The second-order valence-electron chi connectivity index (χ2n) is 3.85. The van der Waals surface area contributed by atoms with E-state index in [2.05, 4.69) is 4.74 Å². The maximum absolute atomic E-state index is 12.1. The molecule has 0 aromatic heterocycles. The molecule has 0 saturated carbocycles. The molecule has 0 bridgehead atoms. The number of hydrogen-bond acceptors (Lipinski definition) is 5. The Morgan fingerprint density at radius 3 is 2.75 bits per heavy atom. The fraction of sp³-hybridized carbons (Fsp3) is 0.889. The Hall–Kier alpha value is -0.660. The number of carbonyl (C=O) groups excluding carboxylic acids is 1. The first-order valence-electron chi connectivity index (χ1n) is 5.23. The number of nitrogens with zero attached hydrogens (tertiary/aromatic N) is 1. The van der Waals surface area contributed by atoms with Crippen molar-refractivity contribution in [3.05, 3.63) is 0 Å². The van der Waals surface area contributed by atoms with Crippen LogP contribution >= 0.6 is 0 Å². The van der Waals surface area contributed by atoms with E-state index in [0.29, 0.717) is 6.54 Å². The molecule has 2 unspecified atom stereocenters. The fourth-order valence-electron chi connectivity index (χ4n) is 1.87. The lowest BCUT2D eigenvalue weighted by Crippen LogP contribution is -2.46. The standard InChI is InChI=1S/C9H18N2O4S/c1-7(9(12)15-2)16(13,14)11-5-3-4-8(11)6-10/h7-8H,3-6,10H2,1-2H3. The van der Waals surface area contributed by atoms with Crippen LogP contribution in [0.25, 0.3) is 0 Å². The van der Waals surface area contributed by atoms with Gasteiger partial charge in [0.2, 0.25) is 10.0 Å². The van der Waals surface area contributed by atoms with Gasteiger partial charge in [-0.05, 0) is 19.8 Å². The minimum atomic E-state index is -3.63. The first-order chi connectivity index (χ1) is 7.45. The highest BCUT2D eigenvalue weighted by Gasteiger charge is 2.40. The Labute approximate surface area is 95.8 Å². The SMILES string of the molecule is COC(=O)C(C)S(=O)(=O)N1CCCC1CN. The van der Waals surface area contributed by atoms with E-state index in [-0.39, 0.29) is 12.6 Å². The van der Waals surface area contributed by atoms with Gasteiger partial charge in [-0.3, -0.25) is 4.79 Å². The lowest BCUT2D eigenvalue weighted by Gasteiger charge is -2.25. The summed E-state index contributed by atoms with van der Waals surface area (Å²) in [5, 5.41) is -1.16. The maximum atomic E-state index is 12.1. The van der Waals surface area contributed by atoms with E-state index in [4.69, 9.17) is 5.73 Å². The van der Waals surface area contributed by atoms with Crippen molar-refractivity contribution in [1.29, 1.82) is 0 Å². The lowest BCUT2D eigenvalue weighted by atomic mass is 10.2. The van der Waals surface area contributed by atoms with Crippen molar-refractivity contribution in [1.82, 2.24) is 4.31 Å². The summed E-state index contributed by atoms with van der Waals surface area (Å²) in [6, 6.07) is -0.183. The molecular weight excluding hydrogens is 232 g/mol. The fourth-order valence-corrected chi connectivity index (χ4v) is 3.61. The third-order valence-electron chi connectivity index (χ3n) is 2.90. The Kier molecular flexibility index (Phi) is 4.28. The number of esters is 1. The average molecular weight is 250 g/mol. The summed E-state index contributed by atoms with van der Waals surface area (Å²) in [5.41, 5.74) is 5.51. The number of carbonyl (C=O) groups is 1. The predicted octanol–water partition coefficient (Wildman–Crippen LogP) is -0.699. The van der Waals surface area contributed by atoms with Crippen LogP contribution in [0.3, 0.4) is 0 Å². The molecule has 2 atom stereocenters. The first kappa shape index (κ1) is 13.4. The largest absolute Gasteiger partial charge is 0.468 e. The molecule has 1 heterocycles. The third kappa shape index (κ3) is 2.36. The molecule has 0 radical (unpaired) electrons. The van der Waals surface area contributed by atoms with Gasteiger partial charge < -0.3 is 10.5 Å². The molecule has 0 spiro atoms. The Bertz CT molecular complexity index is 355. The van der Waals surface area contributed by atoms with E-state index in [1.807, 2.05) is 0 Å². The minimum absolute atomic E-state index is 0.183. The average Bonchev–Trinajstić information content (AvgIpc) is 2.75. The Morgan fingerprint density at radius 1 is 1.62 bits per heavy atom. The molecule has 6 nitrogen and oxygen atoms in total. The number of methoxy groups -OCH3 is 1. The van der Waals surface area contributed by atoms with Crippen LogP contribution in [0.1, 0.15) is 19.8 Å². The molecule has 1 aliphatic rings. The number of ether oxygens (including phenoxy) is 1. The molecule has 0 aromatic carbocycles. The molecule has 1 fully saturated rings. The summed E-state index contributed by atoms with van der Waals surface area (Å²) >= 11 is 0. The number of sulfonamides is 1. The van der Waals surface area contributed by atoms with Gasteiger partial charge in [-0.1, -0.05) is 0 Å². The Morgan fingerprint density at radius 2 is 2.25 bits per heavy atom. The van der Waals surface area contributed by atoms with Crippen molar-refractivity contribution in [3.8, 4) is 0 Å². The molecule has 7 heteroatoms.